The predicted molar refractivity (Wildman–Crippen MR) is 85.6 cm³/mol. The van der Waals surface area contributed by atoms with Crippen molar-refractivity contribution in [2.75, 3.05) is 18.0 Å². The second-order valence-corrected chi connectivity index (χ2v) is 6.29. The normalized spacial score (nSPS) is 15.5. The Morgan fingerprint density at radius 3 is 2.92 bits per heavy atom. The summed E-state index contributed by atoms with van der Waals surface area (Å²) < 4.78 is 24.8. The van der Waals surface area contributed by atoms with Crippen molar-refractivity contribution in [3.05, 3.63) is 34.4 Å². The summed E-state index contributed by atoms with van der Waals surface area (Å²) in [6.45, 7) is 1.29. The van der Waals surface area contributed by atoms with Gasteiger partial charge >= 0.3 is 5.97 Å². The number of rotatable bonds is 5. The Morgan fingerprint density at radius 1 is 1.46 bits per heavy atom. The molecule has 1 aromatic carbocycles. The van der Waals surface area contributed by atoms with E-state index in [9.17, 15) is 9.18 Å². The molecule has 1 aliphatic heterocycles. The number of ether oxygens (including phenoxy) is 1. The molecule has 0 aliphatic carbocycles. The van der Waals surface area contributed by atoms with Crippen LogP contribution in [-0.4, -0.2) is 40.4 Å². The molecule has 9 heteroatoms. The third-order valence-electron chi connectivity index (χ3n) is 3.67. The van der Waals surface area contributed by atoms with Crippen LogP contribution in [0.1, 0.15) is 18.7 Å². The standard InChI is InChI=1S/C15H15BrFN3O4/c16-11-2-1-9(17)7-12(11)23-10-3-5-20(6-4-10)15-18-13(24-19-15)8-14(21)22/h1-2,7,10H,3-6,8H2,(H,21,22). The second kappa shape index (κ2) is 7.16. The molecular weight excluding hydrogens is 385 g/mol. The van der Waals surface area contributed by atoms with Crippen molar-refractivity contribution in [1.29, 1.82) is 0 Å². The minimum absolute atomic E-state index is 0.0373. The number of aromatic nitrogens is 2. The van der Waals surface area contributed by atoms with Gasteiger partial charge in [-0.15, -0.1) is 0 Å². The maximum absolute atomic E-state index is 13.3. The molecule has 2 aromatic rings. The fourth-order valence-electron chi connectivity index (χ4n) is 2.50. The van der Waals surface area contributed by atoms with Crippen LogP contribution >= 0.6 is 15.9 Å². The van der Waals surface area contributed by atoms with Gasteiger partial charge in [0.2, 0.25) is 5.89 Å². The van der Waals surface area contributed by atoms with E-state index in [0.29, 0.717) is 42.1 Å². The SMILES string of the molecule is O=C(O)Cc1nc(N2CCC(Oc3cc(F)ccc3Br)CC2)no1. The number of anilines is 1. The van der Waals surface area contributed by atoms with E-state index in [-0.39, 0.29) is 24.2 Å². The molecular formula is C15H15BrFN3O4. The van der Waals surface area contributed by atoms with Crippen LogP contribution in [0.25, 0.3) is 0 Å². The molecule has 1 aliphatic rings. The van der Waals surface area contributed by atoms with Gasteiger partial charge < -0.3 is 19.3 Å². The summed E-state index contributed by atoms with van der Waals surface area (Å²) in [5.41, 5.74) is 0. The highest BCUT2D eigenvalue weighted by Gasteiger charge is 2.24. The van der Waals surface area contributed by atoms with Crippen molar-refractivity contribution < 1.29 is 23.6 Å². The molecule has 0 bridgehead atoms. The van der Waals surface area contributed by atoms with Gasteiger partial charge in [0.25, 0.3) is 5.95 Å². The molecule has 128 valence electrons. The Balaban J connectivity index is 1.56. The van der Waals surface area contributed by atoms with Crippen LogP contribution in [0.15, 0.2) is 27.2 Å². The molecule has 0 spiro atoms. The van der Waals surface area contributed by atoms with Gasteiger partial charge in [0.1, 0.15) is 24.1 Å². The van der Waals surface area contributed by atoms with Crippen LogP contribution in [-0.2, 0) is 11.2 Å². The molecule has 0 radical (unpaired) electrons. The zero-order valence-electron chi connectivity index (χ0n) is 12.6. The lowest BCUT2D eigenvalue weighted by Crippen LogP contribution is -2.38. The summed E-state index contributed by atoms with van der Waals surface area (Å²) >= 11 is 3.35. The van der Waals surface area contributed by atoms with Crippen LogP contribution in [0.4, 0.5) is 10.3 Å². The quantitative estimate of drug-likeness (QED) is 0.826. The topological polar surface area (TPSA) is 88.7 Å². The lowest BCUT2D eigenvalue weighted by Gasteiger charge is -2.31. The van der Waals surface area contributed by atoms with Gasteiger partial charge in [-0.3, -0.25) is 4.79 Å². The lowest BCUT2D eigenvalue weighted by atomic mass is 10.1. The zero-order chi connectivity index (χ0) is 17.1. The van der Waals surface area contributed by atoms with E-state index in [1.165, 1.54) is 12.1 Å². The Bertz CT molecular complexity index is 731. The van der Waals surface area contributed by atoms with E-state index in [1.54, 1.807) is 6.07 Å². The van der Waals surface area contributed by atoms with Crippen LogP contribution in [0.2, 0.25) is 0 Å². The second-order valence-electron chi connectivity index (χ2n) is 5.44. The van der Waals surface area contributed by atoms with E-state index in [1.807, 2.05) is 4.90 Å². The van der Waals surface area contributed by atoms with Crippen LogP contribution < -0.4 is 9.64 Å². The van der Waals surface area contributed by atoms with E-state index >= 15 is 0 Å². The minimum atomic E-state index is -1.02. The number of carboxylic acid groups (broad SMARTS) is 1. The summed E-state index contributed by atoms with van der Waals surface area (Å²) in [5.74, 6) is -0.408. The first-order valence-electron chi connectivity index (χ1n) is 7.42. The Morgan fingerprint density at radius 2 is 2.21 bits per heavy atom. The number of hydrogen-bond donors (Lipinski definition) is 1. The molecule has 1 N–H and O–H groups in total. The molecule has 0 unspecified atom stereocenters. The van der Waals surface area contributed by atoms with Crippen molar-refractivity contribution in [3.63, 3.8) is 0 Å². The van der Waals surface area contributed by atoms with E-state index in [0.717, 1.165) is 0 Å². The third-order valence-corrected chi connectivity index (χ3v) is 4.33. The van der Waals surface area contributed by atoms with Gasteiger partial charge in [-0.25, -0.2) is 4.39 Å². The lowest BCUT2D eigenvalue weighted by molar-refractivity contribution is -0.136. The highest BCUT2D eigenvalue weighted by molar-refractivity contribution is 9.10. The summed E-state index contributed by atoms with van der Waals surface area (Å²) in [6, 6.07) is 4.33. The molecule has 0 amide bonds. The molecule has 1 fully saturated rings. The smallest absolute Gasteiger partial charge is 0.312 e. The number of carboxylic acids is 1. The number of hydrogen-bond acceptors (Lipinski definition) is 6. The molecule has 0 atom stereocenters. The number of halogens is 2. The van der Waals surface area contributed by atoms with E-state index in [2.05, 4.69) is 26.1 Å². The first kappa shape index (κ1) is 16.7. The summed E-state index contributed by atoms with van der Waals surface area (Å²) in [6.07, 6.45) is 1.10. The molecule has 24 heavy (non-hydrogen) atoms. The molecule has 1 saturated heterocycles. The number of aliphatic carboxylic acids is 1. The van der Waals surface area contributed by atoms with Crippen molar-refractivity contribution in [2.24, 2.45) is 0 Å². The van der Waals surface area contributed by atoms with Gasteiger partial charge in [0.05, 0.1) is 4.47 Å². The maximum Gasteiger partial charge on any atom is 0.312 e. The van der Waals surface area contributed by atoms with Crippen molar-refractivity contribution in [2.45, 2.75) is 25.4 Å². The minimum Gasteiger partial charge on any atom is -0.489 e. The number of benzene rings is 1. The molecule has 3 rings (SSSR count). The largest absolute Gasteiger partial charge is 0.489 e. The predicted octanol–water partition coefficient (Wildman–Crippen LogP) is 2.65. The van der Waals surface area contributed by atoms with Gasteiger partial charge in [-0.2, -0.15) is 4.98 Å². The molecule has 2 heterocycles. The van der Waals surface area contributed by atoms with Crippen LogP contribution in [0.5, 0.6) is 5.75 Å². The fourth-order valence-corrected chi connectivity index (χ4v) is 2.84. The van der Waals surface area contributed by atoms with E-state index in [4.69, 9.17) is 14.4 Å². The van der Waals surface area contributed by atoms with Crippen molar-refractivity contribution in [3.8, 4) is 5.75 Å². The first-order valence-corrected chi connectivity index (χ1v) is 8.21. The summed E-state index contributed by atoms with van der Waals surface area (Å²) in [7, 11) is 0. The van der Waals surface area contributed by atoms with Crippen LogP contribution in [0, 0.1) is 5.82 Å². The van der Waals surface area contributed by atoms with Crippen molar-refractivity contribution in [1.82, 2.24) is 10.1 Å². The Hall–Kier alpha value is -2.16. The van der Waals surface area contributed by atoms with E-state index < -0.39 is 5.97 Å². The fraction of sp³-hybridized carbons (Fsp3) is 0.400. The summed E-state index contributed by atoms with van der Waals surface area (Å²) in [4.78, 5) is 16.6. The number of piperidine rings is 1. The van der Waals surface area contributed by atoms with Gasteiger partial charge in [0.15, 0.2) is 0 Å². The molecule has 7 nitrogen and oxygen atoms in total. The summed E-state index contributed by atoms with van der Waals surface area (Å²) in [5, 5.41) is 12.5. The molecule has 1 aromatic heterocycles. The Labute approximate surface area is 145 Å². The van der Waals surface area contributed by atoms with Crippen molar-refractivity contribution >= 4 is 27.8 Å². The first-order chi connectivity index (χ1) is 11.5. The average molecular weight is 400 g/mol. The van der Waals surface area contributed by atoms with Crippen LogP contribution in [0.3, 0.4) is 0 Å². The number of nitrogens with zero attached hydrogens (tertiary/aromatic N) is 3. The maximum atomic E-state index is 13.3. The Kier molecular flexibility index (Phi) is 4.98. The van der Waals surface area contributed by atoms with Gasteiger partial charge in [0, 0.05) is 32.0 Å². The highest BCUT2D eigenvalue weighted by atomic mass is 79.9. The van der Waals surface area contributed by atoms with Gasteiger partial charge in [-0.05, 0) is 33.2 Å². The highest BCUT2D eigenvalue weighted by Crippen LogP contribution is 2.29. The van der Waals surface area contributed by atoms with Gasteiger partial charge in [-0.1, -0.05) is 0 Å². The zero-order valence-corrected chi connectivity index (χ0v) is 14.2. The monoisotopic (exact) mass is 399 g/mol. The third kappa shape index (κ3) is 4.02. The average Bonchev–Trinajstić information content (AvgIpc) is 2.99. The molecule has 0 saturated carbocycles. The number of carbonyl (C=O) groups is 1.